The molecule has 0 aromatic heterocycles. The van der Waals surface area contributed by atoms with Crippen molar-refractivity contribution >= 4 is 33.0 Å². The lowest BCUT2D eigenvalue weighted by molar-refractivity contribution is -0.117. The Kier molecular flexibility index (Phi) is 5.47. The fourth-order valence-electron chi connectivity index (χ4n) is 3.81. The molecule has 2 aromatic rings. The minimum absolute atomic E-state index is 0.0832. The van der Waals surface area contributed by atoms with Crippen molar-refractivity contribution in [2.45, 2.75) is 17.7 Å². The molecule has 0 saturated carbocycles. The van der Waals surface area contributed by atoms with E-state index >= 15 is 0 Å². The zero-order valence-electron chi connectivity index (χ0n) is 16.5. The van der Waals surface area contributed by atoms with Crippen LogP contribution in [0, 0.1) is 0 Å². The van der Waals surface area contributed by atoms with Crippen LogP contribution in [0.15, 0.2) is 53.4 Å². The molecule has 0 bridgehead atoms. The Balaban J connectivity index is 1.54. The lowest BCUT2D eigenvalue weighted by Crippen LogP contribution is -2.44. The second kappa shape index (κ2) is 8.04. The number of para-hydroxylation sites is 2. The molecule has 2 fully saturated rings. The Bertz CT molecular complexity index is 983. The van der Waals surface area contributed by atoms with Gasteiger partial charge in [0.05, 0.1) is 16.3 Å². The van der Waals surface area contributed by atoms with Gasteiger partial charge in [0, 0.05) is 44.8 Å². The van der Waals surface area contributed by atoms with E-state index in [9.17, 15) is 13.2 Å². The van der Waals surface area contributed by atoms with Crippen LogP contribution in [0.2, 0.25) is 0 Å². The van der Waals surface area contributed by atoms with Gasteiger partial charge in [-0.15, -0.1) is 0 Å². The van der Waals surface area contributed by atoms with Crippen molar-refractivity contribution in [1.82, 2.24) is 4.90 Å². The lowest BCUT2D eigenvalue weighted by Gasteiger charge is -2.35. The monoisotopic (exact) mass is 414 g/mol. The minimum Gasteiger partial charge on any atom is -0.367 e. The predicted molar refractivity (Wildman–Crippen MR) is 115 cm³/mol. The lowest BCUT2D eigenvalue weighted by atomic mass is 10.2. The molecule has 2 aliphatic heterocycles. The third kappa shape index (κ3) is 4.23. The number of rotatable bonds is 5. The Morgan fingerprint density at radius 3 is 2.24 bits per heavy atom. The highest BCUT2D eigenvalue weighted by molar-refractivity contribution is 7.92. The maximum atomic E-state index is 13.0. The molecule has 2 saturated heterocycles. The van der Waals surface area contributed by atoms with Crippen LogP contribution in [0.25, 0.3) is 0 Å². The molecular formula is C21H26N4O3S. The highest BCUT2D eigenvalue weighted by Gasteiger charge is 2.23. The number of carbonyl (C=O) groups excluding carboxylic acids is 1. The largest absolute Gasteiger partial charge is 0.367 e. The summed E-state index contributed by atoms with van der Waals surface area (Å²) in [6, 6.07) is 14.0. The summed E-state index contributed by atoms with van der Waals surface area (Å²) in [4.78, 5) is 18.2. The van der Waals surface area contributed by atoms with Crippen molar-refractivity contribution in [1.29, 1.82) is 0 Å². The maximum Gasteiger partial charge on any atom is 0.261 e. The number of hydrogen-bond donors (Lipinski definition) is 1. The van der Waals surface area contributed by atoms with E-state index in [-0.39, 0.29) is 10.8 Å². The highest BCUT2D eigenvalue weighted by atomic mass is 32.2. The van der Waals surface area contributed by atoms with Crippen molar-refractivity contribution in [3.63, 3.8) is 0 Å². The molecule has 1 N–H and O–H groups in total. The summed E-state index contributed by atoms with van der Waals surface area (Å²) in [5, 5.41) is 0. The number of benzene rings is 2. The van der Waals surface area contributed by atoms with Crippen LogP contribution in [0.1, 0.15) is 12.8 Å². The first-order valence-corrected chi connectivity index (χ1v) is 11.4. The SMILES string of the molecule is CN1CCN(c2ccccc2NS(=O)(=O)c2ccc(N3CCCC3=O)cc2)CC1. The molecule has 0 radical (unpaired) electrons. The molecule has 4 rings (SSSR count). The molecular weight excluding hydrogens is 388 g/mol. The molecule has 0 unspecified atom stereocenters. The fraction of sp³-hybridized carbons (Fsp3) is 0.381. The Morgan fingerprint density at radius 1 is 0.897 bits per heavy atom. The standard InChI is InChI=1S/C21H26N4O3S/c1-23-13-15-24(16-14-23)20-6-3-2-5-19(20)22-29(27,28)18-10-8-17(9-11-18)25-12-4-7-21(25)26/h2-3,5-6,8-11,22H,4,7,12-16H2,1H3. The van der Waals surface area contributed by atoms with Gasteiger partial charge in [-0.3, -0.25) is 9.52 Å². The van der Waals surface area contributed by atoms with Crippen molar-refractivity contribution < 1.29 is 13.2 Å². The van der Waals surface area contributed by atoms with Gasteiger partial charge >= 0.3 is 0 Å². The summed E-state index contributed by atoms with van der Waals surface area (Å²) in [6.07, 6.45) is 1.38. The number of amides is 1. The van der Waals surface area contributed by atoms with Gasteiger partial charge in [-0.2, -0.15) is 0 Å². The maximum absolute atomic E-state index is 13.0. The molecule has 29 heavy (non-hydrogen) atoms. The van der Waals surface area contributed by atoms with Crippen LogP contribution in [0.5, 0.6) is 0 Å². The van der Waals surface area contributed by atoms with Crippen molar-refractivity contribution in [3.8, 4) is 0 Å². The van der Waals surface area contributed by atoms with Gasteiger partial charge in [0.1, 0.15) is 0 Å². The third-order valence-corrected chi connectivity index (χ3v) is 6.91. The minimum atomic E-state index is -3.73. The molecule has 0 aliphatic carbocycles. The van der Waals surface area contributed by atoms with Crippen LogP contribution in [0.3, 0.4) is 0 Å². The second-order valence-corrected chi connectivity index (χ2v) is 9.24. The molecule has 2 aliphatic rings. The summed E-state index contributed by atoms with van der Waals surface area (Å²) < 4.78 is 28.7. The normalized spacial score (nSPS) is 18.3. The average molecular weight is 415 g/mol. The number of sulfonamides is 1. The van der Waals surface area contributed by atoms with Gasteiger partial charge in [-0.1, -0.05) is 12.1 Å². The van der Waals surface area contributed by atoms with E-state index in [0.717, 1.165) is 44.0 Å². The van der Waals surface area contributed by atoms with Crippen molar-refractivity contribution in [2.24, 2.45) is 0 Å². The summed E-state index contributed by atoms with van der Waals surface area (Å²) in [6.45, 7) is 4.28. The van der Waals surface area contributed by atoms with E-state index in [4.69, 9.17) is 0 Å². The van der Waals surface area contributed by atoms with Crippen LogP contribution in [-0.2, 0) is 14.8 Å². The van der Waals surface area contributed by atoms with Gasteiger partial charge in [0.25, 0.3) is 10.0 Å². The third-order valence-electron chi connectivity index (χ3n) is 5.52. The summed E-state index contributed by atoms with van der Waals surface area (Å²) in [7, 11) is -1.64. The van der Waals surface area contributed by atoms with E-state index in [1.165, 1.54) is 0 Å². The average Bonchev–Trinajstić information content (AvgIpc) is 3.15. The quantitative estimate of drug-likeness (QED) is 0.813. The first-order chi connectivity index (χ1) is 13.9. The van der Waals surface area contributed by atoms with Gasteiger partial charge in [0.2, 0.25) is 5.91 Å². The van der Waals surface area contributed by atoms with E-state index < -0.39 is 10.0 Å². The fourth-order valence-corrected chi connectivity index (χ4v) is 4.89. The zero-order chi connectivity index (χ0) is 20.4. The van der Waals surface area contributed by atoms with E-state index in [1.807, 2.05) is 18.2 Å². The van der Waals surface area contributed by atoms with Crippen LogP contribution in [0.4, 0.5) is 17.1 Å². The first kappa shape index (κ1) is 19.7. The number of anilines is 3. The van der Waals surface area contributed by atoms with E-state index in [2.05, 4.69) is 21.6 Å². The van der Waals surface area contributed by atoms with Gasteiger partial charge < -0.3 is 14.7 Å². The molecule has 2 aromatic carbocycles. The molecule has 7 nitrogen and oxygen atoms in total. The molecule has 1 amide bonds. The Labute approximate surface area is 172 Å². The molecule has 0 spiro atoms. The predicted octanol–water partition coefficient (Wildman–Crippen LogP) is 2.37. The van der Waals surface area contributed by atoms with Crippen LogP contribution >= 0.6 is 0 Å². The van der Waals surface area contributed by atoms with Crippen LogP contribution in [-0.4, -0.2) is 59.0 Å². The second-order valence-electron chi connectivity index (χ2n) is 7.56. The van der Waals surface area contributed by atoms with Crippen molar-refractivity contribution in [3.05, 3.63) is 48.5 Å². The summed E-state index contributed by atoms with van der Waals surface area (Å²) in [5.74, 6) is 0.0832. The topological polar surface area (TPSA) is 73.0 Å². The smallest absolute Gasteiger partial charge is 0.261 e. The molecule has 154 valence electrons. The Morgan fingerprint density at radius 2 is 1.59 bits per heavy atom. The Hall–Kier alpha value is -2.58. The van der Waals surface area contributed by atoms with Gasteiger partial charge in [-0.25, -0.2) is 8.42 Å². The molecule has 8 heteroatoms. The number of nitrogens with one attached hydrogen (secondary N) is 1. The zero-order valence-corrected chi connectivity index (χ0v) is 17.4. The summed E-state index contributed by atoms with van der Waals surface area (Å²) in [5.41, 5.74) is 2.21. The van der Waals surface area contributed by atoms with Gasteiger partial charge in [0.15, 0.2) is 0 Å². The first-order valence-electron chi connectivity index (χ1n) is 9.90. The van der Waals surface area contributed by atoms with E-state index in [1.54, 1.807) is 35.2 Å². The summed E-state index contributed by atoms with van der Waals surface area (Å²) >= 11 is 0. The number of piperazine rings is 1. The number of nitrogens with zero attached hydrogens (tertiary/aromatic N) is 3. The van der Waals surface area contributed by atoms with Crippen LogP contribution < -0.4 is 14.5 Å². The van der Waals surface area contributed by atoms with E-state index in [0.29, 0.717) is 18.7 Å². The highest BCUT2D eigenvalue weighted by Crippen LogP contribution is 2.29. The molecule has 0 atom stereocenters. The number of likely N-dealkylation sites (N-methyl/N-ethyl adjacent to an activating group) is 1. The number of carbonyl (C=O) groups is 1. The van der Waals surface area contributed by atoms with Gasteiger partial charge in [-0.05, 0) is 49.9 Å². The molecule has 2 heterocycles. The van der Waals surface area contributed by atoms with Crippen molar-refractivity contribution in [2.75, 3.05) is 54.3 Å². The number of hydrogen-bond acceptors (Lipinski definition) is 5.